The van der Waals surface area contributed by atoms with E-state index in [0.29, 0.717) is 5.02 Å². The van der Waals surface area contributed by atoms with Gasteiger partial charge in [0.05, 0.1) is 11.3 Å². The van der Waals surface area contributed by atoms with Gasteiger partial charge in [0.1, 0.15) is 5.82 Å². The highest BCUT2D eigenvalue weighted by molar-refractivity contribution is 6.30. The maximum Gasteiger partial charge on any atom is 0.126 e. The van der Waals surface area contributed by atoms with Crippen LogP contribution >= 0.6 is 11.6 Å². The molecule has 1 aromatic carbocycles. The highest BCUT2D eigenvalue weighted by Crippen LogP contribution is 2.12. The largest absolute Gasteiger partial charge is 0.366 e. The summed E-state index contributed by atoms with van der Waals surface area (Å²) in [6, 6.07) is 12.2. The second-order valence-corrected chi connectivity index (χ2v) is 5.20. The second-order valence-electron chi connectivity index (χ2n) is 4.77. The quantitative estimate of drug-likeness (QED) is 0.783. The number of nitrogens with zero attached hydrogens (tertiary/aromatic N) is 3. The van der Waals surface area contributed by atoms with E-state index in [1.807, 2.05) is 29.2 Å². The summed E-state index contributed by atoms with van der Waals surface area (Å²) in [6.45, 7) is 1.58. The molecule has 106 valence electrons. The molecule has 0 saturated heterocycles. The molecular weight excluding hydrogens is 284 g/mol. The number of pyridine rings is 1. The standard InChI is InChI=1S/C16H15ClN4/c17-15-5-6-16(20-10-15)19-9-13-1-3-14(4-2-13)11-21-8-7-18-12-21/h1-8,10,12H,9,11H2,(H,19,20). The molecule has 2 aromatic heterocycles. The molecule has 0 aliphatic rings. The average molecular weight is 299 g/mol. The number of rotatable bonds is 5. The lowest BCUT2D eigenvalue weighted by atomic mass is 10.1. The molecule has 4 nitrogen and oxygen atoms in total. The molecular formula is C16H15ClN4. The van der Waals surface area contributed by atoms with Crippen molar-refractivity contribution in [3.8, 4) is 0 Å². The minimum Gasteiger partial charge on any atom is -0.366 e. The number of aromatic nitrogens is 3. The summed E-state index contributed by atoms with van der Waals surface area (Å²) in [7, 11) is 0. The molecule has 3 rings (SSSR count). The van der Waals surface area contributed by atoms with Crippen LogP contribution in [0.25, 0.3) is 0 Å². The second kappa shape index (κ2) is 6.41. The predicted octanol–water partition coefficient (Wildman–Crippen LogP) is 3.59. The van der Waals surface area contributed by atoms with Crippen molar-refractivity contribution in [3.63, 3.8) is 0 Å². The van der Waals surface area contributed by atoms with E-state index in [1.165, 1.54) is 11.1 Å². The Labute approximate surface area is 128 Å². The van der Waals surface area contributed by atoms with Gasteiger partial charge in [-0.25, -0.2) is 9.97 Å². The van der Waals surface area contributed by atoms with Gasteiger partial charge in [0.2, 0.25) is 0 Å². The Balaban J connectivity index is 1.58. The monoisotopic (exact) mass is 298 g/mol. The maximum atomic E-state index is 5.81. The van der Waals surface area contributed by atoms with Crippen LogP contribution in [0, 0.1) is 0 Å². The molecule has 0 fully saturated rings. The zero-order chi connectivity index (χ0) is 14.5. The molecule has 0 spiro atoms. The summed E-state index contributed by atoms with van der Waals surface area (Å²) in [6.07, 6.45) is 7.21. The molecule has 0 atom stereocenters. The molecule has 0 bridgehead atoms. The van der Waals surface area contributed by atoms with E-state index in [2.05, 4.69) is 39.6 Å². The Morgan fingerprint density at radius 2 is 1.86 bits per heavy atom. The number of halogens is 1. The van der Waals surface area contributed by atoms with Crippen LogP contribution in [-0.4, -0.2) is 14.5 Å². The number of hydrogen-bond donors (Lipinski definition) is 1. The van der Waals surface area contributed by atoms with Crippen LogP contribution in [0.1, 0.15) is 11.1 Å². The van der Waals surface area contributed by atoms with Gasteiger partial charge in [-0.05, 0) is 23.3 Å². The van der Waals surface area contributed by atoms with Gasteiger partial charge in [0.25, 0.3) is 0 Å². The van der Waals surface area contributed by atoms with Gasteiger partial charge < -0.3 is 9.88 Å². The first-order valence-corrected chi connectivity index (χ1v) is 7.06. The Bertz CT molecular complexity index is 675. The first-order chi connectivity index (χ1) is 10.3. The first kappa shape index (κ1) is 13.6. The van der Waals surface area contributed by atoms with E-state index >= 15 is 0 Å². The van der Waals surface area contributed by atoms with Gasteiger partial charge in [-0.15, -0.1) is 0 Å². The van der Waals surface area contributed by atoms with Crippen LogP contribution < -0.4 is 5.32 Å². The van der Waals surface area contributed by atoms with Gasteiger partial charge in [-0.3, -0.25) is 0 Å². The van der Waals surface area contributed by atoms with Gasteiger partial charge in [-0.1, -0.05) is 35.9 Å². The van der Waals surface area contributed by atoms with Crippen molar-refractivity contribution < 1.29 is 0 Å². The average Bonchev–Trinajstić information content (AvgIpc) is 3.01. The summed E-state index contributed by atoms with van der Waals surface area (Å²) in [5.74, 6) is 0.821. The SMILES string of the molecule is Clc1ccc(NCc2ccc(Cn3ccnc3)cc2)nc1. The lowest BCUT2D eigenvalue weighted by molar-refractivity contribution is 0.797. The molecule has 1 N–H and O–H groups in total. The van der Waals surface area contributed by atoms with Gasteiger partial charge >= 0.3 is 0 Å². The van der Waals surface area contributed by atoms with Crippen molar-refractivity contribution in [2.75, 3.05) is 5.32 Å². The summed E-state index contributed by atoms with van der Waals surface area (Å²) < 4.78 is 2.05. The number of imidazole rings is 1. The highest BCUT2D eigenvalue weighted by Gasteiger charge is 1.98. The summed E-state index contributed by atoms with van der Waals surface area (Å²) in [4.78, 5) is 8.25. The molecule has 21 heavy (non-hydrogen) atoms. The van der Waals surface area contributed by atoms with Crippen LogP contribution in [0.15, 0.2) is 61.3 Å². The zero-order valence-corrected chi connectivity index (χ0v) is 12.2. The molecule has 0 radical (unpaired) electrons. The minimum atomic E-state index is 0.643. The lowest BCUT2D eigenvalue weighted by Crippen LogP contribution is -2.02. The van der Waals surface area contributed by atoms with E-state index < -0.39 is 0 Å². The van der Waals surface area contributed by atoms with Crippen LogP contribution in [0.4, 0.5) is 5.82 Å². The van der Waals surface area contributed by atoms with Crippen LogP contribution in [0.2, 0.25) is 5.02 Å². The van der Waals surface area contributed by atoms with E-state index in [-0.39, 0.29) is 0 Å². The molecule has 0 aliphatic heterocycles. The van der Waals surface area contributed by atoms with Crippen LogP contribution in [-0.2, 0) is 13.1 Å². The van der Waals surface area contributed by atoms with Crippen LogP contribution in [0.5, 0.6) is 0 Å². The van der Waals surface area contributed by atoms with E-state index in [9.17, 15) is 0 Å². The fraction of sp³-hybridized carbons (Fsp3) is 0.125. The molecule has 5 heteroatoms. The fourth-order valence-electron chi connectivity index (χ4n) is 2.03. The Kier molecular flexibility index (Phi) is 4.17. The number of benzene rings is 1. The normalized spacial score (nSPS) is 10.5. The maximum absolute atomic E-state index is 5.81. The Hall–Kier alpha value is -2.33. The number of nitrogens with one attached hydrogen (secondary N) is 1. The van der Waals surface area contributed by atoms with Crippen LogP contribution in [0.3, 0.4) is 0 Å². The minimum absolute atomic E-state index is 0.643. The van der Waals surface area contributed by atoms with Gasteiger partial charge in [0.15, 0.2) is 0 Å². The van der Waals surface area contributed by atoms with Crippen molar-refractivity contribution in [3.05, 3.63) is 77.5 Å². The van der Waals surface area contributed by atoms with E-state index in [4.69, 9.17) is 11.6 Å². The highest BCUT2D eigenvalue weighted by atomic mass is 35.5. The van der Waals surface area contributed by atoms with Crippen molar-refractivity contribution in [1.82, 2.24) is 14.5 Å². The van der Waals surface area contributed by atoms with Gasteiger partial charge in [0, 0.05) is 31.7 Å². The van der Waals surface area contributed by atoms with Crippen molar-refractivity contribution in [2.24, 2.45) is 0 Å². The number of anilines is 1. The summed E-state index contributed by atoms with van der Waals surface area (Å²) in [5, 5.41) is 3.91. The molecule has 0 saturated carbocycles. The van der Waals surface area contributed by atoms with Crippen molar-refractivity contribution in [1.29, 1.82) is 0 Å². The first-order valence-electron chi connectivity index (χ1n) is 6.68. The third-order valence-corrected chi connectivity index (χ3v) is 3.37. The summed E-state index contributed by atoms with van der Waals surface area (Å²) >= 11 is 5.81. The molecule has 0 aliphatic carbocycles. The Morgan fingerprint density at radius 3 is 2.52 bits per heavy atom. The number of hydrogen-bond acceptors (Lipinski definition) is 3. The third kappa shape index (κ3) is 3.83. The summed E-state index contributed by atoms with van der Waals surface area (Å²) in [5.41, 5.74) is 2.46. The van der Waals surface area contributed by atoms with Gasteiger partial charge in [-0.2, -0.15) is 0 Å². The molecule has 0 unspecified atom stereocenters. The fourth-order valence-corrected chi connectivity index (χ4v) is 2.14. The predicted molar refractivity (Wildman–Crippen MR) is 84.3 cm³/mol. The lowest BCUT2D eigenvalue weighted by Gasteiger charge is -2.07. The van der Waals surface area contributed by atoms with Crippen molar-refractivity contribution in [2.45, 2.75) is 13.1 Å². The molecule has 2 heterocycles. The van der Waals surface area contributed by atoms with E-state index in [1.54, 1.807) is 12.4 Å². The van der Waals surface area contributed by atoms with Crippen molar-refractivity contribution >= 4 is 17.4 Å². The molecule has 0 amide bonds. The smallest absolute Gasteiger partial charge is 0.126 e. The third-order valence-electron chi connectivity index (χ3n) is 3.15. The topological polar surface area (TPSA) is 42.7 Å². The zero-order valence-electron chi connectivity index (χ0n) is 11.4. The van der Waals surface area contributed by atoms with E-state index in [0.717, 1.165) is 18.9 Å². The molecule has 3 aromatic rings. The Morgan fingerprint density at radius 1 is 1.05 bits per heavy atom.